The molecule has 0 unspecified atom stereocenters. The van der Waals surface area contributed by atoms with Crippen LogP contribution in [-0.4, -0.2) is 11.0 Å². The number of fused-ring (bicyclic) bond motifs is 1. The van der Waals surface area contributed by atoms with Crippen LogP contribution in [0, 0.1) is 6.92 Å². The highest BCUT2D eigenvalue weighted by atomic mass is 35.5. The van der Waals surface area contributed by atoms with Crippen LogP contribution in [0.3, 0.4) is 0 Å². The minimum Gasteiger partial charge on any atom is -0.508 e. The van der Waals surface area contributed by atoms with Crippen molar-refractivity contribution in [2.75, 3.05) is 10.7 Å². The zero-order chi connectivity index (χ0) is 21.1. The van der Waals surface area contributed by atoms with E-state index in [0.29, 0.717) is 27.2 Å². The smallest absolute Gasteiger partial charge is 0.261 e. The molecule has 0 bridgehead atoms. The highest BCUT2D eigenvalue weighted by Gasteiger charge is 2.14. The largest absolute Gasteiger partial charge is 0.508 e. The minimum absolute atomic E-state index is 0.0958. The van der Waals surface area contributed by atoms with E-state index in [1.165, 1.54) is 6.07 Å². The zero-order valence-corrected chi connectivity index (χ0v) is 16.8. The molecule has 3 aromatic carbocycles. The number of aromatic hydroxyl groups is 1. The number of phenolic OH excluding ortho intramolecular Hbond substituents is 1. The molecule has 0 aliphatic heterocycles. The Balaban J connectivity index is 1.76. The van der Waals surface area contributed by atoms with Crippen molar-refractivity contribution in [1.82, 2.24) is 0 Å². The van der Waals surface area contributed by atoms with E-state index in [1.54, 1.807) is 43.3 Å². The predicted octanol–water partition coefficient (Wildman–Crippen LogP) is 5.28. The van der Waals surface area contributed by atoms with Gasteiger partial charge in [0.1, 0.15) is 16.9 Å². The van der Waals surface area contributed by atoms with Crippen LogP contribution in [0.2, 0.25) is 5.02 Å². The lowest BCUT2D eigenvalue weighted by molar-refractivity contribution is 0.102. The molecule has 30 heavy (non-hydrogen) atoms. The Labute approximate surface area is 177 Å². The number of halogens is 1. The molecule has 0 fully saturated rings. The van der Waals surface area contributed by atoms with Crippen LogP contribution in [0.15, 0.2) is 82.3 Å². The monoisotopic (exact) mass is 419 g/mol. The summed E-state index contributed by atoms with van der Waals surface area (Å²) in [5.41, 5.74) is 5.68. The first-order chi connectivity index (χ1) is 14.5. The van der Waals surface area contributed by atoms with Gasteiger partial charge in [-0.1, -0.05) is 35.9 Å². The number of aryl methyl sites for hydroxylation is 1. The number of amides is 1. The van der Waals surface area contributed by atoms with Crippen LogP contribution in [0.5, 0.6) is 5.75 Å². The van der Waals surface area contributed by atoms with Crippen molar-refractivity contribution in [3.05, 3.63) is 94.5 Å². The Hall–Kier alpha value is -3.77. The molecule has 0 saturated heterocycles. The molecule has 4 rings (SSSR count). The molecule has 0 aliphatic rings. The Morgan fingerprint density at radius 2 is 1.80 bits per heavy atom. The van der Waals surface area contributed by atoms with Crippen LogP contribution in [0.25, 0.3) is 11.0 Å². The molecule has 0 atom stereocenters. The first kappa shape index (κ1) is 19.5. The number of carbonyl (C=O) groups excluding carboxylic acids is 1. The normalized spacial score (nSPS) is 11.5. The van der Waals surface area contributed by atoms with Gasteiger partial charge < -0.3 is 14.8 Å². The number of carbonyl (C=O) groups is 1. The molecule has 1 amide bonds. The number of nitrogens with one attached hydrogen (secondary N) is 2. The Kier molecular flexibility index (Phi) is 5.41. The van der Waals surface area contributed by atoms with Crippen LogP contribution in [0.4, 0.5) is 11.4 Å². The molecule has 0 aliphatic carbocycles. The summed E-state index contributed by atoms with van der Waals surface area (Å²) in [5.74, 6) is -0.337. The molecule has 7 heteroatoms. The molecule has 1 heterocycles. The second-order valence-electron chi connectivity index (χ2n) is 6.69. The summed E-state index contributed by atoms with van der Waals surface area (Å²) in [4.78, 5) is 13.0. The lowest BCUT2D eigenvalue weighted by Gasteiger charge is -2.08. The second kappa shape index (κ2) is 8.31. The quantitative estimate of drug-likeness (QED) is 0.393. The van der Waals surface area contributed by atoms with Crippen molar-refractivity contribution in [3.63, 3.8) is 0 Å². The van der Waals surface area contributed by atoms with Gasteiger partial charge in [0.25, 0.3) is 5.91 Å². The number of hydrogen-bond donors (Lipinski definition) is 3. The Morgan fingerprint density at radius 3 is 2.57 bits per heavy atom. The molecule has 3 N–H and O–H groups in total. The van der Waals surface area contributed by atoms with Crippen molar-refractivity contribution in [2.24, 2.45) is 5.10 Å². The van der Waals surface area contributed by atoms with Crippen LogP contribution >= 0.6 is 11.6 Å². The van der Waals surface area contributed by atoms with Crippen LogP contribution < -0.4 is 16.3 Å². The van der Waals surface area contributed by atoms with Gasteiger partial charge in [0.2, 0.25) is 5.55 Å². The third-order valence-corrected chi connectivity index (χ3v) is 4.72. The summed E-state index contributed by atoms with van der Waals surface area (Å²) in [6, 6.07) is 21.0. The Bertz CT molecular complexity index is 1300. The number of rotatable bonds is 4. The number of hydrogen-bond acceptors (Lipinski definition) is 5. The predicted molar refractivity (Wildman–Crippen MR) is 118 cm³/mol. The fraction of sp³-hybridized carbons (Fsp3) is 0.0435. The number of para-hydroxylation sites is 1. The van der Waals surface area contributed by atoms with Crippen molar-refractivity contribution in [3.8, 4) is 5.75 Å². The van der Waals surface area contributed by atoms with Crippen molar-refractivity contribution in [2.45, 2.75) is 6.92 Å². The summed E-state index contributed by atoms with van der Waals surface area (Å²) < 4.78 is 5.87. The molecule has 0 radical (unpaired) electrons. The van der Waals surface area contributed by atoms with Crippen molar-refractivity contribution >= 4 is 39.9 Å². The standard InChI is InChI=1S/C23H18ClN3O3/c1-14-7-9-18(13-20(14)28)25-22(29)19-12-15-11-16(24)8-10-21(15)30-23(19)27-26-17-5-3-2-4-6-17/h2-13,26,28H,1H3,(H,25,29)/b27-23-. The maximum atomic E-state index is 13.0. The van der Waals surface area contributed by atoms with E-state index in [0.717, 1.165) is 5.69 Å². The van der Waals surface area contributed by atoms with Gasteiger partial charge >= 0.3 is 0 Å². The average Bonchev–Trinajstić information content (AvgIpc) is 2.75. The van der Waals surface area contributed by atoms with E-state index >= 15 is 0 Å². The van der Waals surface area contributed by atoms with Gasteiger partial charge in [0.15, 0.2) is 0 Å². The summed E-state index contributed by atoms with van der Waals surface area (Å²) in [7, 11) is 0. The first-order valence-electron chi connectivity index (χ1n) is 9.19. The van der Waals surface area contributed by atoms with E-state index in [1.807, 2.05) is 30.3 Å². The minimum atomic E-state index is -0.433. The van der Waals surface area contributed by atoms with E-state index in [-0.39, 0.29) is 16.9 Å². The number of nitrogens with zero attached hydrogens (tertiary/aromatic N) is 1. The number of anilines is 2. The fourth-order valence-electron chi connectivity index (χ4n) is 2.86. The maximum Gasteiger partial charge on any atom is 0.261 e. The SMILES string of the molecule is Cc1ccc(NC(=O)c2cc3cc(Cl)ccc3o/c2=N\Nc2ccccc2)cc1O. The molecular formula is C23H18ClN3O3. The van der Waals surface area contributed by atoms with E-state index < -0.39 is 5.91 Å². The van der Waals surface area contributed by atoms with E-state index in [2.05, 4.69) is 15.8 Å². The number of phenols is 1. The van der Waals surface area contributed by atoms with E-state index in [9.17, 15) is 9.90 Å². The maximum absolute atomic E-state index is 13.0. The van der Waals surface area contributed by atoms with Crippen LogP contribution in [0.1, 0.15) is 15.9 Å². The summed E-state index contributed by atoms with van der Waals surface area (Å²) >= 11 is 6.09. The van der Waals surface area contributed by atoms with Crippen LogP contribution in [-0.2, 0) is 0 Å². The molecular weight excluding hydrogens is 402 g/mol. The molecule has 1 aromatic heterocycles. The lowest BCUT2D eigenvalue weighted by Crippen LogP contribution is -2.22. The third-order valence-electron chi connectivity index (χ3n) is 4.48. The van der Waals surface area contributed by atoms with Gasteiger partial charge in [0, 0.05) is 22.2 Å². The average molecular weight is 420 g/mol. The topological polar surface area (TPSA) is 86.9 Å². The molecule has 6 nitrogen and oxygen atoms in total. The van der Waals surface area contributed by atoms with Gasteiger partial charge in [0.05, 0.1) is 5.69 Å². The second-order valence-corrected chi connectivity index (χ2v) is 7.13. The highest BCUT2D eigenvalue weighted by Crippen LogP contribution is 2.22. The third kappa shape index (κ3) is 4.29. The summed E-state index contributed by atoms with van der Waals surface area (Å²) in [6.07, 6.45) is 0. The lowest BCUT2D eigenvalue weighted by atomic mass is 10.1. The van der Waals surface area contributed by atoms with Gasteiger partial charge in [-0.05, 0) is 55.0 Å². The molecule has 0 saturated carbocycles. The van der Waals surface area contributed by atoms with Crippen molar-refractivity contribution < 1.29 is 14.3 Å². The van der Waals surface area contributed by atoms with E-state index in [4.69, 9.17) is 16.0 Å². The van der Waals surface area contributed by atoms with Gasteiger partial charge in [-0.3, -0.25) is 10.2 Å². The van der Waals surface area contributed by atoms with Crippen molar-refractivity contribution in [1.29, 1.82) is 0 Å². The summed E-state index contributed by atoms with van der Waals surface area (Å²) in [5, 5.41) is 18.1. The molecule has 0 spiro atoms. The Morgan fingerprint density at radius 1 is 1.00 bits per heavy atom. The van der Waals surface area contributed by atoms with Gasteiger partial charge in [-0.15, -0.1) is 5.10 Å². The molecule has 150 valence electrons. The van der Waals surface area contributed by atoms with Gasteiger partial charge in [-0.2, -0.15) is 0 Å². The zero-order valence-electron chi connectivity index (χ0n) is 16.0. The summed E-state index contributed by atoms with van der Waals surface area (Å²) in [6.45, 7) is 1.78. The number of benzene rings is 3. The van der Waals surface area contributed by atoms with Gasteiger partial charge in [-0.25, -0.2) is 0 Å². The highest BCUT2D eigenvalue weighted by molar-refractivity contribution is 6.31. The fourth-order valence-corrected chi connectivity index (χ4v) is 3.04. The first-order valence-corrected chi connectivity index (χ1v) is 9.56. The molecule has 4 aromatic rings.